The fourth-order valence-corrected chi connectivity index (χ4v) is 3.42. The van der Waals surface area contributed by atoms with Crippen LogP contribution in [-0.4, -0.2) is 33.5 Å². The molecule has 1 aliphatic heterocycles. The Morgan fingerprint density at radius 1 is 1.11 bits per heavy atom. The van der Waals surface area contributed by atoms with Gasteiger partial charge in [-0.1, -0.05) is 0 Å². The summed E-state index contributed by atoms with van der Waals surface area (Å²) in [4.78, 5) is 35.9. The first-order chi connectivity index (χ1) is 13.1. The molecule has 138 valence electrons. The van der Waals surface area contributed by atoms with Gasteiger partial charge in [0.05, 0.1) is 22.8 Å². The Hall–Kier alpha value is -3.22. The molecule has 1 fully saturated rings. The zero-order valence-electron chi connectivity index (χ0n) is 15.2. The number of carbonyl (C=O) groups excluding carboxylic acids is 1. The third-order valence-electron chi connectivity index (χ3n) is 4.86. The van der Waals surface area contributed by atoms with Crippen LogP contribution in [0.4, 0.5) is 11.5 Å². The Kier molecular flexibility index (Phi) is 4.58. The number of nitrogens with one attached hydrogen (secondary N) is 1. The van der Waals surface area contributed by atoms with Gasteiger partial charge in [0.1, 0.15) is 5.82 Å². The van der Waals surface area contributed by atoms with E-state index in [0.29, 0.717) is 22.2 Å². The first kappa shape index (κ1) is 17.2. The van der Waals surface area contributed by atoms with Crippen LogP contribution in [0.2, 0.25) is 0 Å². The van der Waals surface area contributed by atoms with Gasteiger partial charge >= 0.3 is 0 Å². The van der Waals surface area contributed by atoms with Gasteiger partial charge in [0.2, 0.25) is 0 Å². The Bertz CT molecular complexity index is 1050. The zero-order chi connectivity index (χ0) is 18.8. The molecule has 2 aromatic heterocycles. The van der Waals surface area contributed by atoms with Gasteiger partial charge < -0.3 is 14.8 Å². The molecule has 1 amide bonds. The second-order valence-corrected chi connectivity index (χ2v) is 6.77. The molecule has 0 aliphatic carbocycles. The van der Waals surface area contributed by atoms with Crippen LogP contribution in [0.15, 0.2) is 47.7 Å². The summed E-state index contributed by atoms with van der Waals surface area (Å²) in [5.74, 6) is 0.509. The molecule has 0 unspecified atom stereocenters. The Balaban J connectivity index is 1.62. The third kappa shape index (κ3) is 3.40. The maximum absolute atomic E-state index is 12.9. The molecule has 1 aliphatic rings. The first-order valence-electron chi connectivity index (χ1n) is 9.10. The van der Waals surface area contributed by atoms with Crippen molar-refractivity contribution in [3.8, 4) is 0 Å². The number of hydrogen-bond donors (Lipinski definition) is 1. The molecule has 1 saturated heterocycles. The highest BCUT2D eigenvalue weighted by Gasteiger charge is 2.19. The molecule has 0 atom stereocenters. The van der Waals surface area contributed by atoms with Crippen LogP contribution in [0.25, 0.3) is 10.9 Å². The number of amides is 1. The minimum absolute atomic E-state index is 0.113. The number of anilines is 2. The lowest BCUT2D eigenvalue weighted by molar-refractivity contribution is 0.102. The van der Waals surface area contributed by atoms with E-state index < -0.39 is 0 Å². The number of fused-ring (bicyclic) bond motifs is 1. The first-order valence-corrected chi connectivity index (χ1v) is 9.10. The molecule has 3 heterocycles. The van der Waals surface area contributed by atoms with E-state index in [4.69, 9.17) is 0 Å². The van der Waals surface area contributed by atoms with E-state index >= 15 is 0 Å². The standard InChI is InChI=1S/C20H21N5O2/c1-24-13-22-17-12-14(7-8-15(17)20(24)27)23-19(26)16-6-5-9-21-18(16)25-10-3-2-4-11-25/h5-9,12-13H,2-4,10-11H2,1H3,(H,23,26). The Labute approximate surface area is 156 Å². The van der Waals surface area contributed by atoms with E-state index in [0.717, 1.165) is 31.7 Å². The van der Waals surface area contributed by atoms with Crippen LogP contribution in [0.1, 0.15) is 29.6 Å². The number of aromatic nitrogens is 3. The molecule has 3 aromatic rings. The molecule has 0 saturated carbocycles. The van der Waals surface area contributed by atoms with Crippen LogP contribution < -0.4 is 15.8 Å². The molecule has 1 N–H and O–H groups in total. The van der Waals surface area contributed by atoms with Gasteiger partial charge in [0.15, 0.2) is 0 Å². The summed E-state index contributed by atoms with van der Waals surface area (Å²) < 4.78 is 1.43. The van der Waals surface area contributed by atoms with E-state index in [-0.39, 0.29) is 11.5 Å². The summed E-state index contributed by atoms with van der Waals surface area (Å²) in [5, 5.41) is 3.43. The fourth-order valence-electron chi connectivity index (χ4n) is 3.42. The van der Waals surface area contributed by atoms with Gasteiger partial charge in [-0.2, -0.15) is 0 Å². The molecule has 0 radical (unpaired) electrons. The smallest absolute Gasteiger partial charge is 0.260 e. The number of pyridine rings is 1. The molecular weight excluding hydrogens is 342 g/mol. The predicted octanol–water partition coefficient (Wildman–Crippen LogP) is 2.57. The number of aryl methyl sites for hydroxylation is 1. The maximum Gasteiger partial charge on any atom is 0.260 e. The van der Waals surface area contributed by atoms with Crippen LogP contribution >= 0.6 is 0 Å². The molecule has 0 spiro atoms. The minimum atomic E-state index is -0.216. The Morgan fingerprint density at radius 2 is 1.93 bits per heavy atom. The number of hydrogen-bond acceptors (Lipinski definition) is 5. The number of benzene rings is 1. The average Bonchev–Trinajstić information content (AvgIpc) is 2.71. The second-order valence-electron chi connectivity index (χ2n) is 6.77. The van der Waals surface area contributed by atoms with Crippen molar-refractivity contribution >= 4 is 28.3 Å². The number of piperidine rings is 1. The maximum atomic E-state index is 12.9. The highest BCUT2D eigenvalue weighted by molar-refractivity contribution is 6.08. The van der Waals surface area contributed by atoms with Crippen LogP contribution in [-0.2, 0) is 7.05 Å². The summed E-state index contributed by atoms with van der Waals surface area (Å²) in [6.45, 7) is 1.83. The van der Waals surface area contributed by atoms with E-state index in [1.54, 1.807) is 43.6 Å². The van der Waals surface area contributed by atoms with E-state index in [1.807, 2.05) is 0 Å². The third-order valence-corrected chi connectivity index (χ3v) is 4.86. The molecular formula is C20H21N5O2. The fraction of sp³-hybridized carbons (Fsp3) is 0.300. The topological polar surface area (TPSA) is 80.1 Å². The summed E-state index contributed by atoms with van der Waals surface area (Å²) in [7, 11) is 1.66. The van der Waals surface area contributed by atoms with Crippen molar-refractivity contribution in [2.75, 3.05) is 23.3 Å². The van der Waals surface area contributed by atoms with Crippen molar-refractivity contribution in [1.29, 1.82) is 0 Å². The lowest BCUT2D eigenvalue weighted by Crippen LogP contribution is -2.32. The zero-order valence-corrected chi connectivity index (χ0v) is 15.2. The van der Waals surface area contributed by atoms with Crippen LogP contribution in [0.3, 0.4) is 0 Å². The van der Waals surface area contributed by atoms with E-state index in [1.165, 1.54) is 17.3 Å². The quantitative estimate of drug-likeness (QED) is 0.774. The highest BCUT2D eigenvalue weighted by Crippen LogP contribution is 2.23. The molecule has 0 bridgehead atoms. The van der Waals surface area contributed by atoms with Crippen molar-refractivity contribution < 1.29 is 4.79 Å². The van der Waals surface area contributed by atoms with Gasteiger partial charge in [-0.3, -0.25) is 9.59 Å². The van der Waals surface area contributed by atoms with Crippen molar-refractivity contribution in [3.05, 3.63) is 58.8 Å². The number of rotatable bonds is 3. The lowest BCUT2D eigenvalue weighted by Gasteiger charge is -2.29. The summed E-state index contributed by atoms with van der Waals surface area (Å²) >= 11 is 0. The van der Waals surface area contributed by atoms with Gasteiger partial charge in [-0.15, -0.1) is 0 Å². The normalized spacial score (nSPS) is 14.3. The van der Waals surface area contributed by atoms with Crippen LogP contribution in [0, 0.1) is 0 Å². The molecule has 4 rings (SSSR count). The Morgan fingerprint density at radius 3 is 2.74 bits per heavy atom. The van der Waals surface area contributed by atoms with E-state index in [2.05, 4.69) is 20.2 Å². The minimum Gasteiger partial charge on any atom is -0.356 e. The average molecular weight is 363 g/mol. The number of nitrogens with zero attached hydrogens (tertiary/aromatic N) is 4. The lowest BCUT2D eigenvalue weighted by atomic mass is 10.1. The molecule has 7 nitrogen and oxygen atoms in total. The SMILES string of the molecule is Cn1cnc2cc(NC(=O)c3cccnc3N3CCCCC3)ccc2c1=O. The second kappa shape index (κ2) is 7.19. The van der Waals surface area contributed by atoms with Gasteiger partial charge in [0.25, 0.3) is 11.5 Å². The molecule has 1 aromatic carbocycles. The van der Waals surface area contributed by atoms with E-state index in [9.17, 15) is 9.59 Å². The predicted molar refractivity (Wildman–Crippen MR) is 105 cm³/mol. The van der Waals surface area contributed by atoms with Crippen molar-refractivity contribution in [3.63, 3.8) is 0 Å². The summed E-state index contributed by atoms with van der Waals surface area (Å²) in [5.41, 5.74) is 1.59. The number of carbonyl (C=O) groups is 1. The van der Waals surface area contributed by atoms with Crippen molar-refractivity contribution in [2.24, 2.45) is 7.05 Å². The molecule has 27 heavy (non-hydrogen) atoms. The van der Waals surface area contributed by atoms with Crippen molar-refractivity contribution in [2.45, 2.75) is 19.3 Å². The monoisotopic (exact) mass is 363 g/mol. The summed E-state index contributed by atoms with van der Waals surface area (Å²) in [6, 6.07) is 8.69. The molecule has 7 heteroatoms. The largest absolute Gasteiger partial charge is 0.356 e. The summed E-state index contributed by atoms with van der Waals surface area (Å²) in [6.07, 6.45) is 6.64. The van der Waals surface area contributed by atoms with Gasteiger partial charge in [-0.25, -0.2) is 9.97 Å². The van der Waals surface area contributed by atoms with Gasteiger partial charge in [-0.05, 0) is 49.6 Å². The van der Waals surface area contributed by atoms with Gasteiger partial charge in [0, 0.05) is 32.0 Å². The van der Waals surface area contributed by atoms with Crippen LogP contribution in [0.5, 0.6) is 0 Å². The van der Waals surface area contributed by atoms with Crippen molar-refractivity contribution in [1.82, 2.24) is 14.5 Å². The highest BCUT2D eigenvalue weighted by atomic mass is 16.1.